The van der Waals surface area contributed by atoms with Gasteiger partial charge in [-0.25, -0.2) is 0 Å². The van der Waals surface area contributed by atoms with Crippen LogP contribution in [0, 0.1) is 47.4 Å². The molecule has 0 rings (SSSR count). The molecule has 0 amide bonds. The highest BCUT2D eigenvalue weighted by molar-refractivity contribution is 6.01. The molecule has 0 aliphatic carbocycles. The maximum atomic E-state index is 12.7. The first kappa shape index (κ1) is 29.6. The molecule has 8 heteroatoms. The fraction of sp³-hybridized carbons (Fsp3) is 0.600. The number of rotatable bonds is 13. The monoisotopic (exact) mass is 460 g/mol. The van der Waals surface area contributed by atoms with Crippen LogP contribution in [0.5, 0.6) is 0 Å². The number of esters is 4. The summed E-state index contributed by atoms with van der Waals surface area (Å²) < 4.78 is 20.3. The van der Waals surface area contributed by atoms with Gasteiger partial charge in [-0.2, -0.15) is 0 Å². The molecule has 0 fully saturated rings. The molecule has 0 aromatic rings. The topological polar surface area (TPSA) is 105 Å². The van der Waals surface area contributed by atoms with Gasteiger partial charge in [0.05, 0.1) is 26.4 Å². The second-order valence-electron chi connectivity index (χ2n) is 6.84. The number of carbonyl (C=O) groups is 4. The molecule has 0 N–H and O–H groups in total. The minimum atomic E-state index is -1.83. The molecule has 0 aromatic heterocycles. The van der Waals surface area contributed by atoms with Gasteiger partial charge in [-0.1, -0.05) is 0 Å². The normalized spacial score (nSPS) is 10.5. The Morgan fingerprint density at radius 3 is 1.30 bits per heavy atom. The SMILES string of the molecule is C#CCCC(CC#CCC(CC#C)(C(=O)OCC)C(=O)OCC)(C(=O)OCC)C(=O)OCC. The molecule has 8 nitrogen and oxygen atoms in total. The largest absolute Gasteiger partial charge is 0.465 e. The van der Waals surface area contributed by atoms with Gasteiger partial charge >= 0.3 is 23.9 Å². The summed E-state index contributed by atoms with van der Waals surface area (Å²) in [7, 11) is 0. The first-order valence-electron chi connectivity index (χ1n) is 10.8. The summed E-state index contributed by atoms with van der Waals surface area (Å²) >= 11 is 0. The molecule has 0 aromatic carbocycles. The first-order chi connectivity index (χ1) is 15.8. The Morgan fingerprint density at radius 2 is 0.970 bits per heavy atom. The lowest BCUT2D eigenvalue weighted by atomic mass is 9.79. The number of hydrogen-bond donors (Lipinski definition) is 0. The van der Waals surface area contributed by atoms with Crippen molar-refractivity contribution in [3.8, 4) is 36.5 Å². The second-order valence-corrected chi connectivity index (χ2v) is 6.84. The van der Waals surface area contributed by atoms with Gasteiger partial charge < -0.3 is 18.9 Å². The highest BCUT2D eigenvalue weighted by atomic mass is 16.6. The molecule has 33 heavy (non-hydrogen) atoms. The van der Waals surface area contributed by atoms with Gasteiger partial charge in [0.25, 0.3) is 0 Å². The molecular formula is C25H32O8. The quantitative estimate of drug-likeness (QED) is 0.179. The van der Waals surface area contributed by atoms with E-state index >= 15 is 0 Å². The molecule has 0 aliphatic rings. The standard InChI is InChI=1S/C25H32O8/c1-7-13-17-25(22(28)32-11-5,23(29)33-12-6)19-15-14-18-24(16-8-2,20(26)30-9-3)21(27)31-10-4/h1-2H,9-13,16-19H2,3-6H3. The van der Waals surface area contributed by atoms with E-state index in [0.717, 1.165) is 0 Å². The van der Waals surface area contributed by atoms with Gasteiger partial charge in [-0.3, -0.25) is 19.2 Å². The maximum absolute atomic E-state index is 12.7. The summed E-state index contributed by atoms with van der Waals surface area (Å²) in [4.78, 5) is 50.7. The summed E-state index contributed by atoms with van der Waals surface area (Å²) in [6.07, 6.45) is 9.90. The number of ether oxygens (including phenoxy) is 4. The third kappa shape index (κ3) is 7.88. The summed E-state index contributed by atoms with van der Waals surface area (Å²) in [5, 5.41) is 0. The Hall–Kier alpha value is -3.44. The lowest BCUT2D eigenvalue weighted by molar-refractivity contribution is -0.173. The summed E-state index contributed by atoms with van der Waals surface area (Å²) in [6, 6.07) is 0. The van der Waals surface area contributed by atoms with Gasteiger partial charge in [-0.15, -0.1) is 36.5 Å². The van der Waals surface area contributed by atoms with Crippen molar-refractivity contribution >= 4 is 23.9 Å². The lowest BCUT2D eigenvalue weighted by Crippen LogP contribution is -2.42. The fourth-order valence-corrected chi connectivity index (χ4v) is 2.92. The third-order valence-electron chi connectivity index (χ3n) is 4.67. The molecule has 0 unspecified atom stereocenters. The fourth-order valence-electron chi connectivity index (χ4n) is 2.92. The van der Waals surface area contributed by atoms with Crippen LogP contribution in [0.3, 0.4) is 0 Å². The van der Waals surface area contributed by atoms with Crippen LogP contribution in [0.15, 0.2) is 0 Å². The Morgan fingerprint density at radius 1 is 0.606 bits per heavy atom. The number of terminal acetylenes is 2. The Bertz CT molecular complexity index is 795. The van der Waals surface area contributed by atoms with E-state index in [1.807, 2.05) is 0 Å². The van der Waals surface area contributed by atoms with Gasteiger partial charge in [0.15, 0.2) is 10.8 Å². The van der Waals surface area contributed by atoms with Gasteiger partial charge in [-0.05, 0) is 34.1 Å². The second kappa shape index (κ2) is 15.4. The van der Waals surface area contributed by atoms with Crippen LogP contribution in [0.25, 0.3) is 0 Å². The van der Waals surface area contributed by atoms with E-state index in [4.69, 9.17) is 31.8 Å². The zero-order valence-corrected chi connectivity index (χ0v) is 19.8. The molecule has 0 saturated heterocycles. The Balaban J connectivity index is 6.20. The van der Waals surface area contributed by atoms with Gasteiger partial charge in [0.2, 0.25) is 0 Å². The average molecular weight is 461 g/mol. The molecule has 0 saturated carbocycles. The minimum absolute atomic E-state index is 0.0267. The highest BCUT2D eigenvalue weighted by Crippen LogP contribution is 2.33. The van der Waals surface area contributed by atoms with Crippen molar-refractivity contribution in [3.05, 3.63) is 0 Å². The van der Waals surface area contributed by atoms with Crippen LogP contribution >= 0.6 is 0 Å². The van der Waals surface area contributed by atoms with Crippen molar-refractivity contribution in [2.24, 2.45) is 10.8 Å². The molecule has 0 atom stereocenters. The predicted octanol–water partition coefficient (Wildman–Crippen LogP) is 2.43. The van der Waals surface area contributed by atoms with Gasteiger partial charge in [0, 0.05) is 25.7 Å². The van der Waals surface area contributed by atoms with Crippen molar-refractivity contribution in [2.45, 2.75) is 59.8 Å². The maximum Gasteiger partial charge on any atom is 0.325 e. The highest BCUT2D eigenvalue weighted by Gasteiger charge is 2.49. The minimum Gasteiger partial charge on any atom is -0.465 e. The average Bonchev–Trinajstić information content (AvgIpc) is 2.78. The Labute approximate surface area is 196 Å². The summed E-state index contributed by atoms with van der Waals surface area (Å²) in [5.41, 5.74) is -3.57. The van der Waals surface area contributed by atoms with E-state index in [0.29, 0.717) is 0 Å². The Kier molecular flexibility index (Phi) is 13.8. The van der Waals surface area contributed by atoms with E-state index in [2.05, 4.69) is 23.7 Å². The van der Waals surface area contributed by atoms with Crippen molar-refractivity contribution in [3.63, 3.8) is 0 Å². The predicted molar refractivity (Wildman–Crippen MR) is 120 cm³/mol. The lowest BCUT2D eigenvalue weighted by Gasteiger charge is -2.27. The van der Waals surface area contributed by atoms with Crippen LogP contribution < -0.4 is 0 Å². The van der Waals surface area contributed by atoms with Crippen LogP contribution in [0.1, 0.15) is 59.8 Å². The van der Waals surface area contributed by atoms with Crippen LogP contribution in [-0.4, -0.2) is 50.3 Å². The van der Waals surface area contributed by atoms with Crippen molar-refractivity contribution < 1.29 is 38.1 Å². The summed E-state index contributed by atoms with van der Waals surface area (Å²) in [6.45, 7) is 6.53. The van der Waals surface area contributed by atoms with Crippen LogP contribution in [0.4, 0.5) is 0 Å². The number of hydrogen-bond acceptors (Lipinski definition) is 8. The van der Waals surface area contributed by atoms with E-state index in [1.165, 1.54) is 0 Å². The van der Waals surface area contributed by atoms with Crippen molar-refractivity contribution in [1.82, 2.24) is 0 Å². The molecule has 180 valence electrons. The molecule has 0 spiro atoms. The zero-order chi connectivity index (χ0) is 25.3. The van der Waals surface area contributed by atoms with Crippen LogP contribution in [-0.2, 0) is 38.1 Å². The molecule has 0 bridgehead atoms. The first-order valence-corrected chi connectivity index (χ1v) is 10.8. The third-order valence-corrected chi connectivity index (χ3v) is 4.67. The van der Waals surface area contributed by atoms with E-state index in [9.17, 15) is 19.2 Å². The van der Waals surface area contributed by atoms with E-state index in [1.54, 1.807) is 27.7 Å². The van der Waals surface area contributed by atoms with Crippen molar-refractivity contribution in [2.75, 3.05) is 26.4 Å². The molecule has 0 aliphatic heterocycles. The van der Waals surface area contributed by atoms with Crippen LogP contribution in [0.2, 0.25) is 0 Å². The molecule has 0 heterocycles. The molecule has 0 radical (unpaired) electrons. The zero-order valence-electron chi connectivity index (χ0n) is 19.8. The van der Waals surface area contributed by atoms with E-state index in [-0.39, 0.29) is 58.5 Å². The summed E-state index contributed by atoms with van der Waals surface area (Å²) in [5.74, 6) is 6.79. The number of carbonyl (C=O) groups excluding carboxylic acids is 4. The van der Waals surface area contributed by atoms with Gasteiger partial charge in [0.1, 0.15) is 0 Å². The van der Waals surface area contributed by atoms with Crippen molar-refractivity contribution in [1.29, 1.82) is 0 Å². The molecular weight excluding hydrogens is 428 g/mol. The van der Waals surface area contributed by atoms with E-state index < -0.39 is 34.7 Å². The smallest absolute Gasteiger partial charge is 0.325 e.